The van der Waals surface area contributed by atoms with Crippen LogP contribution in [-0.4, -0.2) is 14.2 Å². The fourth-order valence-corrected chi connectivity index (χ4v) is 2.43. The van der Waals surface area contributed by atoms with Crippen molar-refractivity contribution in [2.75, 3.05) is 0 Å². The van der Waals surface area contributed by atoms with Gasteiger partial charge >= 0.3 is 0 Å². The molecular formula is C9H7N3OS. The number of aryl methyl sites for hydroxylation is 1. The second-order valence-corrected chi connectivity index (χ2v) is 4.04. The van der Waals surface area contributed by atoms with Crippen molar-refractivity contribution in [3.8, 4) is 0 Å². The molecule has 0 N–H and O–H groups in total. The van der Waals surface area contributed by atoms with Crippen LogP contribution in [0.3, 0.4) is 0 Å². The molecule has 0 aromatic carbocycles. The molecule has 0 spiro atoms. The first-order valence-corrected chi connectivity index (χ1v) is 5.05. The average Bonchev–Trinajstić information content (AvgIpc) is 2.71. The van der Waals surface area contributed by atoms with Gasteiger partial charge in [-0.25, -0.2) is 4.68 Å². The van der Waals surface area contributed by atoms with Gasteiger partial charge in [-0.15, -0.1) is 11.3 Å². The van der Waals surface area contributed by atoms with Crippen LogP contribution in [0.1, 0.15) is 0 Å². The Kier molecular flexibility index (Phi) is 1.36. The second kappa shape index (κ2) is 2.45. The van der Waals surface area contributed by atoms with Gasteiger partial charge in [0.15, 0.2) is 0 Å². The zero-order valence-corrected chi connectivity index (χ0v) is 8.28. The topological polar surface area (TPSA) is 39.3 Å². The molecule has 0 aliphatic heterocycles. The van der Waals surface area contributed by atoms with E-state index in [4.69, 9.17) is 0 Å². The van der Waals surface area contributed by atoms with Crippen LogP contribution < -0.4 is 5.56 Å². The van der Waals surface area contributed by atoms with E-state index in [2.05, 4.69) is 5.10 Å². The minimum Gasteiger partial charge on any atom is -0.313 e. The van der Waals surface area contributed by atoms with Crippen molar-refractivity contribution in [2.45, 2.75) is 0 Å². The van der Waals surface area contributed by atoms with Gasteiger partial charge in [-0.05, 0) is 0 Å². The molecule has 0 aliphatic carbocycles. The molecule has 0 saturated heterocycles. The van der Waals surface area contributed by atoms with Crippen molar-refractivity contribution in [3.05, 3.63) is 34.3 Å². The normalized spacial score (nSPS) is 11.5. The summed E-state index contributed by atoms with van der Waals surface area (Å²) < 4.78 is 3.31. The Morgan fingerprint density at radius 3 is 3.14 bits per heavy atom. The number of nitrogens with zero attached hydrogens (tertiary/aromatic N) is 3. The smallest absolute Gasteiger partial charge is 0.275 e. The standard InChI is InChI=1S/C9H7N3OS/c1-11-8(13)7-5-12-2-3-14-9(12)6(7)4-10-11/h2-5H,1H3. The van der Waals surface area contributed by atoms with Crippen LogP contribution in [0.4, 0.5) is 0 Å². The summed E-state index contributed by atoms with van der Waals surface area (Å²) in [7, 11) is 1.66. The van der Waals surface area contributed by atoms with E-state index in [0.29, 0.717) is 0 Å². The number of fused-ring (bicyclic) bond motifs is 3. The number of aromatic nitrogens is 3. The highest BCUT2D eigenvalue weighted by molar-refractivity contribution is 7.16. The number of hydrogen-bond acceptors (Lipinski definition) is 3. The van der Waals surface area contributed by atoms with Crippen molar-refractivity contribution in [3.63, 3.8) is 0 Å². The van der Waals surface area contributed by atoms with E-state index in [-0.39, 0.29) is 5.56 Å². The van der Waals surface area contributed by atoms with Crippen LogP contribution in [0.2, 0.25) is 0 Å². The molecule has 5 heteroatoms. The molecule has 3 heterocycles. The summed E-state index contributed by atoms with van der Waals surface area (Å²) in [6.45, 7) is 0. The van der Waals surface area contributed by atoms with Gasteiger partial charge < -0.3 is 4.40 Å². The highest BCUT2D eigenvalue weighted by Crippen LogP contribution is 2.22. The first-order valence-electron chi connectivity index (χ1n) is 4.17. The van der Waals surface area contributed by atoms with Gasteiger partial charge in [0, 0.05) is 30.2 Å². The fraction of sp³-hybridized carbons (Fsp3) is 0.111. The molecule has 0 unspecified atom stereocenters. The summed E-state index contributed by atoms with van der Waals surface area (Å²) in [6.07, 6.45) is 5.53. The van der Waals surface area contributed by atoms with Crippen LogP contribution >= 0.6 is 11.3 Å². The van der Waals surface area contributed by atoms with Crippen LogP contribution in [0.25, 0.3) is 15.6 Å². The maximum atomic E-state index is 11.7. The maximum absolute atomic E-state index is 11.7. The van der Waals surface area contributed by atoms with Crippen LogP contribution in [-0.2, 0) is 7.05 Å². The largest absolute Gasteiger partial charge is 0.313 e. The average molecular weight is 205 g/mol. The predicted octanol–water partition coefficient (Wildman–Crippen LogP) is 1.25. The van der Waals surface area contributed by atoms with Gasteiger partial charge in [-0.1, -0.05) is 0 Å². The first-order chi connectivity index (χ1) is 6.77. The lowest BCUT2D eigenvalue weighted by atomic mass is 10.3. The fourth-order valence-electron chi connectivity index (χ4n) is 1.58. The molecule has 0 atom stereocenters. The Morgan fingerprint density at radius 1 is 1.43 bits per heavy atom. The van der Waals surface area contributed by atoms with Crippen molar-refractivity contribution in [1.29, 1.82) is 0 Å². The van der Waals surface area contributed by atoms with Crippen molar-refractivity contribution >= 4 is 26.9 Å². The summed E-state index contributed by atoms with van der Waals surface area (Å²) in [5.41, 5.74) is -0.0431. The van der Waals surface area contributed by atoms with Gasteiger partial charge in [0.1, 0.15) is 4.83 Å². The lowest BCUT2D eigenvalue weighted by molar-refractivity contribution is 0.719. The summed E-state index contributed by atoms with van der Waals surface area (Å²) in [5, 5.41) is 7.66. The van der Waals surface area contributed by atoms with E-state index in [9.17, 15) is 4.79 Å². The zero-order valence-electron chi connectivity index (χ0n) is 7.47. The molecule has 0 saturated carbocycles. The van der Waals surface area contributed by atoms with Gasteiger partial charge in [0.2, 0.25) is 0 Å². The lowest BCUT2D eigenvalue weighted by Gasteiger charge is -1.93. The molecule has 14 heavy (non-hydrogen) atoms. The molecule has 3 rings (SSSR count). The van der Waals surface area contributed by atoms with Crippen molar-refractivity contribution in [2.24, 2.45) is 7.05 Å². The van der Waals surface area contributed by atoms with E-state index < -0.39 is 0 Å². The van der Waals surface area contributed by atoms with Crippen molar-refractivity contribution < 1.29 is 0 Å². The highest BCUT2D eigenvalue weighted by Gasteiger charge is 2.08. The Bertz CT molecular complexity index is 676. The summed E-state index contributed by atoms with van der Waals surface area (Å²) in [5.74, 6) is 0. The van der Waals surface area contributed by atoms with Crippen LogP contribution in [0, 0.1) is 0 Å². The Morgan fingerprint density at radius 2 is 2.29 bits per heavy atom. The molecule has 4 nitrogen and oxygen atoms in total. The molecule has 0 aliphatic rings. The number of thiazole rings is 1. The molecule has 0 bridgehead atoms. The molecule has 3 aromatic heterocycles. The van der Waals surface area contributed by atoms with Crippen molar-refractivity contribution in [1.82, 2.24) is 14.2 Å². The predicted molar refractivity (Wildman–Crippen MR) is 55.8 cm³/mol. The van der Waals surface area contributed by atoms with E-state index in [1.807, 2.05) is 22.2 Å². The molecule has 0 amide bonds. The minimum absolute atomic E-state index is 0.0431. The zero-order chi connectivity index (χ0) is 9.71. The number of rotatable bonds is 0. The Hall–Kier alpha value is -1.62. The SMILES string of the molecule is Cn1ncc2c(cn3ccsc23)c1=O. The Labute approximate surface area is 83.0 Å². The summed E-state index contributed by atoms with van der Waals surface area (Å²) >= 11 is 1.61. The third kappa shape index (κ3) is 0.820. The molecule has 0 radical (unpaired) electrons. The van der Waals surface area contributed by atoms with Gasteiger partial charge in [0.05, 0.1) is 11.6 Å². The molecular weight excluding hydrogens is 198 g/mol. The monoisotopic (exact) mass is 205 g/mol. The second-order valence-electron chi connectivity index (χ2n) is 3.15. The van der Waals surface area contributed by atoms with Gasteiger partial charge in [-0.3, -0.25) is 4.79 Å². The lowest BCUT2D eigenvalue weighted by Crippen LogP contribution is -2.18. The van der Waals surface area contributed by atoms with E-state index >= 15 is 0 Å². The molecule has 3 aromatic rings. The third-order valence-electron chi connectivity index (χ3n) is 2.31. The quantitative estimate of drug-likeness (QED) is 0.554. The van der Waals surface area contributed by atoms with Crippen LogP contribution in [0.15, 0.2) is 28.8 Å². The van der Waals surface area contributed by atoms with E-state index in [1.54, 1.807) is 24.6 Å². The first kappa shape index (κ1) is 7.75. The maximum Gasteiger partial charge on any atom is 0.275 e. The third-order valence-corrected chi connectivity index (χ3v) is 3.22. The van der Waals surface area contributed by atoms with Gasteiger partial charge in [-0.2, -0.15) is 5.10 Å². The minimum atomic E-state index is -0.0431. The summed E-state index contributed by atoms with van der Waals surface area (Å²) in [6, 6.07) is 0. The van der Waals surface area contributed by atoms with Gasteiger partial charge in [0.25, 0.3) is 5.56 Å². The molecule has 70 valence electrons. The van der Waals surface area contributed by atoms with E-state index in [1.165, 1.54) is 4.68 Å². The Balaban J connectivity index is 2.68. The number of hydrogen-bond donors (Lipinski definition) is 0. The highest BCUT2D eigenvalue weighted by atomic mass is 32.1. The van der Waals surface area contributed by atoms with E-state index in [0.717, 1.165) is 15.6 Å². The van der Waals surface area contributed by atoms with Crippen LogP contribution in [0.5, 0.6) is 0 Å². The molecule has 0 fully saturated rings. The summed E-state index contributed by atoms with van der Waals surface area (Å²) in [4.78, 5) is 12.8.